The van der Waals surface area contributed by atoms with Gasteiger partial charge in [0.15, 0.2) is 0 Å². The lowest BCUT2D eigenvalue weighted by atomic mass is 10.0. The second-order valence-corrected chi connectivity index (χ2v) is 4.47. The van der Waals surface area contributed by atoms with E-state index in [-0.39, 0.29) is 12.0 Å². The second kappa shape index (κ2) is 5.89. The molecule has 0 heterocycles. The third-order valence-electron chi connectivity index (χ3n) is 2.28. The van der Waals surface area contributed by atoms with Gasteiger partial charge in [0.25, 0.3) is 0 Å². The molecule has 1 atom stereocenters. The summed E-state index contributed by atoms with van der Waals surface area (Å²) in [5, 5.41) is -0.218. The Morgan fingerprint density at radius 3 is 2.47 bits per heavy atom. The van der Waals surface area contributed by atoms with Crippen LogP contribution in [0.15, 0.2) is 18.2 Å². The smallest absolute Gasteiger partial charge is 0.249 e. The standard InChI is InChI=1S/C11H12Cl2N2O2/c12-7-3-1-2-6(11(15)17)10(7)8(13)4-5-9(14)16/h1-3,8H,4-5H2,(H2,14,16)(H2,15,17). The summed E-state index contributed by atoms with van der Waals surface area (Å²) >= 11 is 12.1. The topological polar surface area (TPSA) is 86.2 Å². The summed E-state index contributed by atoms with van der Waals surface area (Å²) < 4.78 is 0. The largest absolute Gasteiger partial charge is 0.370 e. The number of halogens is 2. The zero-order valence-corrected chi connectivity index (χ0v) is 10.5. The van der Waals surface area contributed by atoms with Crippen molar-refractivity contribution in [1.29, 1.82) is 0 Å². The fourth-order valence-corrected chi connectivity index (χ4v) is 2.19. The number of carbonyl (C=O) groups is 2. The van der Waals surface area contributed by atoms with E-state index in [9.17, 15) is 9.59 Å². The first-order valence-corrected chi connectivity index (χ1v) is 5.75. The Hall–Kier alpha value is -1.26. The Labute approximate surface area is 109 Å². The molecule has 0 bridgehead atoms. The summed E-state index contributed by atoms with van der Waals surface area (Å²) in [5.41, 5.74) is 11.0. The van der Waals surface area contributed by atoms with Crippen molar-refractivity contribution in [1.82, 2.24) is 0 Å². The zero-order chi connectivity index (χ0) is 13.0. The minimum absolute atomic E-state index is 0.123. The van der Waals surface area contributed by atoms with Crippen molar-refractivity contribution in [2.24, 2.45) is 11.5 Å². The van der Waals surface area contributed by atoms with E-state index in [0.717, 1.165) is 0 Å². The van der Waals surface area contributed by atoms with Crippen LogP contribution in [-0.4, -0.2) is 11.8 Å². The lowest BCUT2D eigenvalue weighted by molar-refractivity contribution is -0.118. The van der Waals surface area contributed by atoms with Crippen LogP contribution >= 0.6 is 23.2 Å². The molecular formula is C11H12Cl2N2O2. The molecule has 0 aliphatic carbocycles. The van der Waals surface area contributed by atoms with E-state index >= 15 is 0 Å². The highest BCUT2D eigenvalue weighted by Crippen LogP contribution is 2.33. The maximum Gasteiger partial charge on any atom is 0.249 e. The molecule has 0 aromatic heterocycles. The Morgan fingerprint density at radius 1 is 1.29 bits per heavy atom. The van der Waals surface area contributed by atoms with Crippen LogP contribution in [-0.2, 0) is 4.79 Å². The minimum Gasteiger partial charge on any atom is -0.370 e. The van der Waals surface area contributed by atoms with Crippen LogP contribution in [0.4, 0.5) is 0 Å². The van der Waals surface area contributed by atoms with Crippen molar-refractivity contribution in [3.8, 4) is 0 Å². The van der Waals surface area contributed by atoms with Crippen LogP contribution in [0.2, 0.25) is 5.02 Å². The van der Waals surface area contributed by atoms with Crippen LogP contribution < -0.4 is 11.5 Å². The summed E-state index contributed by atoms with van der Waals surface area (Å²) in [5.74, 6) is -1.06. The van der Waals surface area contributed by atoms with Gasteiger partial charge in [0.05, 0.1) is 5.38 Å². The normalized spacial score (nSPS) is 12.1. The van der Waals surface area contributed by atoms with Crippen LogP contribution in [0, 0.1) is 0 Å². The van der Waals surface area contributed by atoms with Crippen LogP contribution in [0.3, 0.4) is 0 Å². The molecule has 1 rings (SSSR count). The van der Waals surface area contributed by atoms with Crippen LogP contribution in [0.1, 0.15) is 34.1 Å². The molecule has 4 N–H and O–H groups in total. The van der Waals surface area contributed by atoms with Crippen molar-refractivity contribution in [3.63, 3.8) is 0 Å². The monoisotopic (exact) mass is 274 g/mol. The minimum atomic E-state index is -0.604. The maximum absolute atomic E-state index is 11.2. The number of carbonyl (C=O) groups excluding carboxylic acids is 2. The van der Waals surface area contributed by atoms with Gasteiger partial charge in [-0.2, -0.15) is 0 Å². The third kappa shape index (κ3) is 3.61. The predicted molar refractivity (Wildman–Crippen MR) is 67.0 cm³/mol. The van der Waals surface area contributed by atoms with E-state index in [2.05, 4.69) is 0 Å². The molecule has 0 saturated heterocycles. The summed E-state index contributed by atoms with van der Waals surface area (Å²) in [6, 6.07) is 4.77. The maximum atomic E-state index is 11.2. The first-order valence-electron chi connectivity index (χ1n) is 4.94. The van der Waals surface area contributed by atoms with Gasteiger partial charge in [0.1, 0.15) is 0 Å². The lowest BCUT2D eigenvalue weighted by Gasteiger charge is -2.14. The average molecular weight is 275 g/mol. The molecule has 1 unspecified atom stereocenters. The van der Waals surface area contributed by atoms with Gasteiger partial charge in [0.2, 0.25) is 11.8 Å². The molecule has 4 nitrogen and oxygen atoms in total. The van der Waals surface area contributed by atoms with E-state index < -0.39 is 17.2 Å². The molecule has 0 aliphatic heterocycles. The molecule has 17 heavy (non-hydrogen) atoms. The summed E-state index contributed by atoms with van der Waals surface area (Å²) in [4.78, 5) is 21.9. The third-order valence-corrected chi connectivity index (χ3v) is 3.04. The number of rotatable bonds is 5. The van der Waals surface area contributed by atoms with Gasteiger partial charge in [-0.3, -0.25) is 9.59 Å². The Morgan fingerprint density at radius 2 is 1.94 bits per heavy atom. The zero-order valence-electron chi connectivity index (χ0n) is 8.95. The molecular weight excluding hydrogens is 263 g/mol. The number of benzene rings is 1. The molecule has 1 aromatic rings. The van der Waals surface area contributed by atoms with Crippen LogP contribution in [0.25, 0.3) is 0 Å². The Balaban J connectivity index is 3.02. The Kier molecular flexibility index (Phi) is 4.78. The fourth-order valence-electron chi connectivity index (χ4n) is 1.48. The van der Waals surface area contributed by atoms with E-state index in [4.69, 9.17) is 34.7 Å². The molecule has 2 amide bonds. The molecule has 0 fully saturated rings. The highest BCUT2D eigenvalue weighted by atomic mass is 35.5. The molecule has 0 aliphatic rings. The number of amides is 2. The van der Waals surface area contributed by atoms with Crippen LogP contribution in [0.5, 0.6) is 0 Å². The summed E-state index contributed by atoms with van der Waals surface area (Å²) in [6.45, 7) is 0. The van der Waals surface area contributed by atoms with Crippen molar-refractivity contribution in [2.75, 3.05) is 0 Å². The van der Waals surface area contributed by atoms with Gasteiger partial charge in [-0.15, -0.1) is 11.6 Å². The number of primary amides is 2. The lowest BCUT2D eigenvalue weighted by Crippen LogP contribution is -2.16. The van der Waals surface area contributed by atoms with E-state index in [0.29, 0.717) is 17.0 Å². The summed E-state index contributed by atoms with van der Waals surface area (Å²) in [7, 11) is 0. The Bertz CT molecular complexity index is 449. The van der Waals surface area contributed by atoms with Gasteiger partial charge in [-0.25, -0.2) is 0 Å². The average Bonchev–Trinajstić information content (AvgIpc) is 2.25. The van der Waals surface area contributed by atoms with Crippen molar-refractivity contribution < 1.29 is 9.59 Å². The highest BCUT2D eigenvalue weighted by Gasteiger charge is 2.19. The van der Waals surface area contributed by atoms with Gasteiger partial charge in [-0.05, 0) is 18.6 Å². The van der Waals surface area contributed by atoms with Crippen molar-refractivity contribution in [2.45, 2.75) is 18.2 Å². The van der Waals surface area contributed by atoms with Gasteiger partial charge < -0.3 is 11.5 Å². The van der Waals surface area contributed by atoms with E-state index in [1.54, 1.807) is 18.2 Å². The first-order chi connectivity index (χ1) is 7.93. The van der Waals surface area contributed by atoms with Crippen molar-refractivity contribution in [3.05, 3.63) is 34.3 Å². The molecule has 0 spiro atoms. The second-order valence-electron chi connectivity index (χ2n) is 3.54. The number of alkyl halides is 1. The van der Waals surface area contributed by atoms with E-state index in [1.165, 1.54) is 0 Å². The molecule has 92 valence electrons. The van der Waals surface area contributed by atoms with Gasteiger partial charge in [0, 0.05) is 22.6 Å². The molecule has 0 radical (unpaired) electrons. The van der Waals surface area contributed by atoms with Gasteiger partial charge in [-0.1, -0.05) is 17.7 Å². The highest BCUT2D eigenvalue weighted by molar-refractivity contribution is 6.33. The fraction of sp³-hybridized carbons (Fsp3) is 0.273. The molecule has 1 aromatic carbocycles. The first kappa shape index (κ1) is 13.8. The quantitative estimate of drug-likeness (QED) is 0.805. The molecule has 0 saturated carbocycles. The van der Waals surface area contributed by atoms with Crippen molar-refractivity contribution >= 4 is 35.0 Å². The van der Waals surface area contributed by atoms with E-state index in [1.807, 2.05) is 0 Å². The van der Waals surface area contributed by atoms with Gasteiger partial charge >= 0.3 is 0 Å². The number of hydrogen-bond acceptors (Lipinski definition) is 2. The number of nitrogens with two attached hydrogens (primary N) is 2. The SMILES string of the molecule is NC(=O)CCC(Cl)c1c(Cl)cccc1C(N)=O. The molecule has 6 heteroatoms. The summed E-state index contributed by atoms with van der Waals surface area (Å²) in [6.07, 6.45) is 0.429. The number of hydrogen-bond donors (Lipinski definition) is 2. The predicted octanol–water partition coefficient (Wildman–Crippen LogP) is 1.98.